The molecule has 0 radical (unpaired) electrons. The summed E-state index contributed by atoms with van der Waals surface area (Å²) in [5.41, 5.74) is 5.01. The van der Waals surface area contributed by atoms with E-state index < -0.39 is 0 Å². The summed E-state index contributed by atoms with van der Waals surface area (Å²) in [5.74, 6) is 0.652. The first-order valence-corrected chi connectivity index (χ1v) is 8.22. The highest BCUT2D eigenvalue weighted by molar-refractivity contribution is 6.30. The zero-order valence-corrected chi connectivity index (χ0v) is 14.4. The van der Waals surface area contributed by atoms with Gasteiger partial charge in [0.2, 0.25) is 0 Å². The molecule has 1 heterocycles. The summed E-state index contributed by atoms with van der Waals surface area (Å²) in [7, 11) is 0. The van der Waals surface area contributed by atoms with Gasteiger partial charge in [0.25, 0.3) is 5.91 Å². The number of nitrogens with one attached hydrogen (secondary N) is 1. The lowest BCUT2D eigenvalue weighted by Crippen LogP contribution is -2.32. The summed E-state index contributed by atoms with van der Waals surface area (Å²) in [6, 6.07) is 12.6. The van der Waals surface area contributed by atoms with Gasteiger partial charge < -0.3 is 4.74 Å². The minimum Gasteiger partial charge on any atom is -0.488 e. The van der Waals surface area contributed by atoms with E-state index >= 15 is 0 Å². The van der Waals surface area contributed by atoms with E-state index in [9.17, 15) is 4.79 Å². The largest absolute Gasteiger partial charge is 0.488 e. The van der Waals surface area contributed by atoms with Gasteiger partial charge >= 0.3 is 0 Å². The average Bonchev–Trinajstić information content (AvgIpc) is 2.55. The van der Waals surface area contributed by atoms with Crippen LogP contribution in [0.2, 0.25) is 5.02 Å². The molecule has 1 aliphatic rings. The Balaban J connectivity index is 1.65. The van der Waals surface area contributed by atoms with Crippen molar-refractivity contribution in [1.29, 1.82) is 0 Å². The molecule has 24 heavy (non-hydrogen) atoms. The molecule has 0 atom stereocenters. The Morgan fingerprint density at radius 3 is 2.75 bits per heavy atom. The molecule has 0 saturated carbocycles. The smallest absolute Gasteiger partial charge is 0.271 e. The third-order valence-corrected chi connectivity index (χ3v) is 4.21. The topological polar surface area (TPSA) is 50.7 Å². The number of aryl methyl sites for hydroxylation is 1. The number of hydrogen-bond acceptors (Lipinski definition) is 3. The molecule has 124 valence electrons. The Labute approximate surface area is 146 Å². The van der Waals surface area contributed by atoms with Crippen LogP contribution in [0.25, 0.3) is 0 Å². The second kappa shape index (κ2) is 6.65. The van der Waals surface area contributed by atoms with E-state index in [1.165, 1.54) is 5.56 Å². The van der Waals surface area contributed by atoms with Gasteiger partial charge in [0, 0.05) is 10.6 Å². The van der Waals surface area contributed by atoms with Gasteiger partial charge in [-0.25, -0.2) is 5.43 Å². The molecular weight excluding hydrogens is 324 g/mol. The fourth-order valence-corrected chi connectivity index (χ4v) is 2.72. The number of fused-ring (bicyclic) bond motifs is 1. The van der Waals surface area contributed by atoms with Crippen LogP contribution in [0.5, 0.6) is 5.75 Å². The highest BCUT2D eigenvalue weighted by Gasteiger charge is 2.26. The molecule has 3 rings (SSSR count). The first-order valence-electron chi connectivity index (χ1n) is 7.84. The maximum atomic E-state index is 12.0. The van der Waals surface area contributed by atoms with Gasteiger partial charge in [-0.2, -0.15) is 5.10 Å². The van der Waals surface area contributed by atoms with Crippen molar-refractivity contribution in [3.05, 3.63) is 64.2 Å². The van der Waals surface area contributed by atoms with Crippen molar-refractivity contribution in [2.75, 3.05) is 0 Å². The van der Waals surface area contributed by atoms with Crippen LogP contribution in [-0.4, -0.2) is 17.7 Å². The van der Waals surface area contributed by atoms with E-state index in [4.69, 9.17) is 16.3 Å². The highest BCUT2D eigenvalue weighted by Crippen LogP contribution is 2.33. The molecule has 0 unspecified atom stereocenters. The third kappa shape index (κ3) is 3.95. The van der Waals surface area contributed by atoms with Crippen molar-refractivity contribution in [1.82, 2.24) is 5.43 Å². The summed E-state index contributed by atoms with van der Waals surface area (Å²) < 4.78 is 5.96. The predicted molar refractivity (Wildman–Crippen MR) is 96.0 cm³/mol. The molecule has 0 spiro atoms. The van der Waals surface area contributed by atoms with Crippen molar-refractivity contribution in [3.8, 4) is 5.75 Å². The van der Waals surface area contributed by atoms with E-state index in [0.717, 1.165) is 24.2 Å². The zero-order valence-electron chi connectivity index (χ0n) is 13.7. The standard InChI is InChI=1S/C19H19ClN2O2/c1-19(2)10-9-15-11-13(3-8-17(15)24-19)12-21-22-18(23)14-4-6-16(20)7-5-14/h3-8,11-12H,9-10H2,1-2H3,(H,22,23). The fourth-order valence-electron chi connectivity index (χ4n) is 2.59. The number of benzene rings is 2. The van der Waals surface area contributed by atoms with E-state index in [-0.39, 0.29) is 11.5 Å². The molecule has 2 aromatic rings. The SMILES string of the molecule is CC1(C)CCc2cc(C=NNC(=O)c3ccc(Cl)cc3)ccc2O1. The van der Waals surface area contributed by atoms with Crippen molar-refractivity contribution in [2.45, 2.75) is 32.3 Å². The highest BCUT2D eigenvalue weighted by atomic mass is 35.5. The fraction of sp³-hybridized carbons (Fsp3) is 0.263. The molecule has 4 nitrogen and oxygen atoms in total. The average molecular weight is 343 g/mol. The summed E-state index contributed by atoms with van der Waals surface area (Å²) in [5, 5.41) is 4.61. The number of carbonyl (C=O) groups excluding carboxylic acids is 1. The van der Waals surface area contributed by atoms with Crippen LogP contribution >= 0.6 is 11.6 Å². The van der Waals surface area contributed by atoms with Gasteiger partial charge in [-0.05, 0) is 80.3 Å². The number of hydrogen-bond donors (Lipinski definition) is 1. The Morgan fingerprint density at radius 1 is 1.25 bits per heavy atom. The van der Waals surface area contributed by atoms with Crippen LogP contribution < -0.4 is 10.2 Å². The lowest BCUT2D eigenvalue weighted by molar-refractivity contribution is 0.0846. The van der Waals surface area contributed by atoms with Crippen LogP contribution in [0, 0.1) is 0 Å². The van der Waals surface area contributed by atoms with Crippen LogP contribution in [-0.2, 0) is 6.42 Å². The number of hydrazone groups is 1. The Hall–Kier alpha value is -2.33. The molecule has 0 aliphatic carbocycles. The van der Waals surface area contributed by atoms with Gasteiger partial charge in [0.05, 0.1) is 6.21 Å². The molecule has 1 amide bonds. The van der Waals surface area contributed by atoms with E-state index in [2.05, 4.69) is 24.4 Å². The second-order valence-electron chi connectivity index (χ2n) is 6.43. The Bertz CT molecular complexity index is 782. The first kappa shape index (κ1) is 16.5. The second-order valence-corrected chi connectivity index (χ2v) is 6.87. The van der Waals surface area contributed by atoms with Crippen molar-refractivity contribution < 1.29 is 9.53 Å². The molecule has 0 bridgehead atoms. The van der Waals surface area contributed by atoms with Gasteiger partial charge in [0.15, 0.2) is 0 Å². The number of amides is 1. The van der Waals surface area contributed by atoms with Crippen molar-refractivity contribution in [3.63, 3.8) is 0 Å². The molecule has 0 aromatic heterocycles. The first-order chi connectivity index (χ1) is 11.4. The Kier molecular flexibility index (Phi) is 4.58. The van der Waals surface area contributed by atoms with E-state index in [1.54, 1.807) is 30.5 Å². The zero-order chi connectivity index (χ0) is 17.2. The van der Waals surface area contributed by atoms with Gasteiger partial charge in [-0.15, -0.1) is 0 Å². The van der Waals surface area contributed by atoms with Crippen LogP contribution in [0.1, 0.15) is 41.8 Å². The monoisotopic (exact) mass is 342 g/mol. The number of nitrogens with zero attached hydrogens (tertiary/aromatic N) is 1. The molecule has 5 heteroatoms. The lowest BCUT2D eigenvalue weighted by Gasteiger charge is -2.32. The van der Waals surface area contributed by atoms with Gasteiger partial charge in [-0.3, -0.25) is 4.79 Å². The van der Waals surface area contributed by atoms with Crippen LogP contribution in [0.3, 0.4) is 0 Å². The normalized spacial score (nSPS) is 15.6. The van der Waals surface area contributed by atoms with Crippen LogP contribution in [0.4, 0.5) is 0 Å². The summed E-state index contributed by atoms with van der Waals surface area (Å²) in [6.45, 7) is 4.19. The lowest BCUT2D eigenvalue weighted by atomic mass is 9.93. The molecule has 1 N–H and O–H groups in total. The minimum atomic E-state index is -0.272. The molecule has 2 aromatic carbocycles. The Morgan fingerprint density at radius 2 is 2.00 bits per heavy atom. The van der Waals surface area contributed by atoms with Crippen LogP contribution in [0.15, 0.2) is 47.6 Å². The number of carbonyl (C=O) groups is 1. The van der Waals surface area contributed by atoms with Crippen molar-refractivity contribution >= 4 is 23.7 Å². The van der Waals surface area contributed by atoms with E-state index in [1.807, 2.05) is 18.2 Å². The molecule has 1 aliphatic heterocycles. The minimum absolute atomic E-state index is 0.116. The predicted octanol–water partition coefficient (Wildman–Crippen LogP) is 4.21. The quantitative estimate of drug-likeness (QED) is 0.671. The number of halogens is 1. The summed E-state index contributed by atoms with van der Waals surface area (Å²) in [6.07, 6.45) is 3.59. The summed E-state index contributed by atoms with van der Waals surface area (Å²) >= 11 is 5.80. The molecular formula is C19H19ClN2O2. The third-order valence-electron chi connectivity index (χ3n) is 3.95. The molecule has 0 saturated heterocycles. The summed E-state index contributed by atoms with van der Waals surface area (Å²) in [4.78, 5) is 12.0. The van der Waals surface area contributed by atoms with Crippen molar-refractivity contribution in [2.24, 2.45) is 5.10 Å². The maximum absolute atomic E-state index is 12.0. The van der Waals surface area contributed by atoms with Gasteiger partial charge in [-0.1, -0.05) is 11.6 Å². The number of ether oxygens (including phenoxy) is 1. The molecule has 0 fully saturated rings. The van der Waals surface area contributed by atoms with E-state index in [0.29, 0.717) is 10.6 Å². The number of rotatable bonds is 3. The van der Waals surface area contributed by atoms with Gasteiger partial charge in [0.1, 0.15) is 11.4 Å². The maximum Gasteiger partial charge on any atom is 0.271 e.